The molecule has 10 heteroatoms. The van der Waals surface area contributed by atoms with Crippen LogP contribution in [0.4, 0.5) is 0 Å². The molecule has 1 heterocycles. The molecule has 2 atom stereocenters. The van der Waals surface area contributed by atoms with E-state index in [2.05, 4.69) is 15.8 Å². The van der Waals surface area contributed by atoms with E-state index < -0.39 is 12.1 Å². The van der Waals surface area contributed by atoms with Gasteiger partial charge in [0.05, 0.1) is 19.2 Å². The summed E-state index contributed by atoms with van der Waals surface area (Å²) in [5.74, 6) is -0.539. The summed E-state index contributed by atoms with van der Waals surface area (Å²) in [6.45, 7) is 2.85. The Morgan fingerprint density at radius 3 is 2.47 bits per heavy atom. The van der Waals surface area contributed by atoms with Crippen molar-refractivity contribution in [3.05, 3.63) is 35.4 Å². The molecule has 2 aliphatic rings. The first-order chi connectivity index (χ1) is 16.4. The first-order valence-corrected chi connectivity index (χ1v) is 12.0. The standard InChI is InChI=1S/C24H35N5O5/c1-2-34-20(30)15-26-21(17-6-4-3-5-7-17)24(32)29-13-12-19(29)23(31)27-14-16-8-10-18(11-9-16)22(25)28-33/h8-11,17,19,21,26,33H,2-7,12-15H2,1H3,(H2,25,28)(H,27,31)/t19-,21?/m1/s1. The van der Waals surface area contributed by atoms with Gasteiger partial charge in [0.2, 0.25) is 11.8 Å². The molecule has 1 saturated heterocycles. The molecule has 2 amide bonds. The molecule has 3 rings (SSSR count). The monoisotopic (exact) mass is 473 g/mol. The molecule has 1 aromatic rings. The van der Waals surface area contributed by atoms with Crippen molar-refractivity contribution in [2.75, 3.05) is 19.7 Å². The summed E-state index contributed by atoms with van der Waals surface area (Å²) >= 11 is 0. The maximum Gasteiger partial charge on any atom is 0.319 e. The van der Waals surface area contributed by atoms with Gasteiger partial charge in [-0.2, -0.15) is 0 Å². The third-order valence-electron chi connectivity index (χ3n) is 6.59. The minimum Gasteiger partial charge on any atom is -0.465 e. The van der Waals surface area contributed by atoms with E-state index >= 15 is 0 Å². The molecule has 0 bridgehead atoms. The number of carbonyl (C=O) groups is 3. The van der Waals surface area contributed by atoms with Crippen LogP contribution in [0.2, 0.25) is 0 Å². The third-order valence-corrected chi connectivity index (χ3v) is 6.59. The Kier molecular flexibility index (Phi) is 9.26. The maximum absolute atomic E-state index is 13.4. The fraction of sp³-hybridized carbons (Fsp3) is 0.583. The molecule has 0 radical (unpaired) electrons. The van der Waals surface area contributed by atoms with Crippen LogP contribution in [0.15, 0.2) is 29.4 Å². The lowest BCUT2D eigenvalue weighted by Gasteiger charge is -2.43. The van der Waals surface area contributed by atoms with Gasteiger partial charge in [-0.05, 0) is 37.7 Å². The highest BCUT2D eigenvalue weighted by Crippen LogP contribution is 2.29. The molecule has 0 spiro atoms. The van der Waals surface area contributed by atoms with Crippen LogP contribution in [-0.4, -0.2) is 65.5 Å². The normalized spacial score (nSPS) is 19.7. The Hall–Kier alpha value is -3.14. The molecular formula is C24H35N5O5. The summed E-state index contributed by atoms with van der Waals surface area (Å²) in [6, 6.07) is 5.98. The van der Waals surface area contributed by atoms with Crippen LogP contribution in [0.3, 0.4) is 0 Å². The molecule has 10 nitrogen and oxygen atoms in total. The van der Waals surface area contributed by atoms with Crippen LogP contribution in [0.5, 0.6) is 0 Å². The van der Waals surface area contributed by atoms with E-state index in [0.717, 1.165) is 37.7 Å². The number of nitrogens with zero attached hydrogens (tertiary/aromatic N) is 2. The number of ether oxygens (including phenoxy) is 1. The topological polar surface area (TPSA) is 146 Å². The molecule has 1 unspecified atom stereocenters. The maximum atomic E-state index is 13.4. The first-order valence-electron chi connectivity index (χ1n) is 12.0. The summed E-state index contributed by atoms with van der Waals surface area (Å²) in [6.07, 6.45) is 5.75. The van der Waals surface area contributed by atoms with Crippen molar-refractivity contribution in [3.8, 4) is 0 Å². The first kappa shape index (κ1) is 25.5. The minimum atomic E-state index is -0.514. The molecule has 2 fully saturated rings. The van der Waals surface area contributed by atoms with E-state index in [1.807, 2.05) is 0 Å². The predicted molar refractivity (Wildman–Crippen MR) is 126 cm³/mol. The molecule has 1 aliphatic heterocycles. The fourth-order valence-electron chi connectivity index (χ4n) is 4.59. The Morgan fingerprint density at radius 2 is 1.88 bits per heavy atom. The predicted octanol–water partition coefficient (Wildman–Crippen LogP) is 1.10. The second-order valence-corrected chi connectivity index (χ2v) is 8.80. The van der Waals surface area contributed by atoms with E-state index in [1.54, 1.807) is 36.1 Å². The highest BCUT2D eigenvalue weighted by atomic mass is 16.5. The number of amides is 2. The number of nitrogens with one attached hydrogen (secondary N) is 2. The van der Waals surface area contributed by atoms with Gasteiger partial charge in [0.15, 0.2) is 5.84 Å². The van der Waals surface area contributed by atoms with E-state index in [-0.39, 0.29) is 36.1 Å². The number of carbonyl (C=O) groups excluding carboxylic acids is 3. The molecule has 186 valence electrons. The lowest BCUT2D eigenvalue weighted by molar-refractivity contribution is -0.151. The highest BCUT2D eigenvalue weighted by Gasteiger charge is 2.42. The molecule has 34 heavy (non-hydrogen) atoms. The second kappa shape index (κ2) is 12.4. The summed E-state index contributed by atoms with van der Waals surface area (Å²) in [5.41, 5.74) is 7.01. The van der Waals surface area contributed by atoms with Gasteiger partial charge < -0.3 is 25.9 Å². The smallest absolute Gasteiger partial charge is 0.319 e. The number of hydrogen-bond donors (Lipinski definition) is 4. The van der Waals surface area contributed by atoms with Crippen LogP contribution in [-0.2, 0) is 25.7 Å². The van der Waals surface area contributed by atoms with Crippen molar-refractivity contribution >= 4 is 23.6 Å². The summed E-state index contributed by atoms with van der Waals surface area (Å²) in [7, 11) is 0. The van der Waals surface area contributed by atoms with Gasteiger partial charge in [0.25, 0.3) is 0 Å². The minimum absolute atomic E-state index is 0.0169. The Labute approximate surface area is 199 Å². The van der Waals surface area contributed by atoms with E-state index in [9.17, 15) is 14.4 Å². The zero-order valence-electron chi connectivity index (χ0n) is 19.7. The van der Waals surface area contributed by atoms with Crippen LogP contribution in [0, 0.1) is 5.92 Å². The van der Waals surface area contributed by atoms with Crippen molar-refractivity contribution in [3.63, 3.8) is 0 Å². The van der Waals surface area contributed by atoms with E-state index in [0.29, 0.717) is 31.7 Å². The lowest BCUT2D eigenvalue weighted by Crippen LogP contribution is -2.63. The van der Waals surface area contributed by atoms with Gasteiger partial charge in [-0.1, -0.05) is 48.7 Å². The van der Waals surface area contributed by atoms with Crippen molar-refractivity contribution in [1.29, 1.82) is 0 Å². The SMILES string of the molecule is CCOC(=O)CNC(C(=O)N1CC[C@@H]1C(=O)NCc1ccc(C(N)=NO)cc1)C1CCCCC1. The van der Waals surface area contributed by atoms with Gasteiger partial charge in [-0.25, -0.2) is 0 Å². The average molecular weight is 474 g/mol. The van der Waals surface area contributed by atoms with Gasteiger partial charge in [0.1, 0.15) is 6.04 Å². The van der Waals surface area contributed by atoms with Gasteiger partial charge in [0, 0.05) is 18.7 Å². The second-order valence-electron chi connectivity index (χ2n) is 8.80. The molecule has 5 N–H and O–H groups in total. The average Bonchev–Trinajstić information content (AvgIpc) is 2.83. The number of nitrogens with two attached hydrogens (primary N) is 1. The summed E-state index contributed by atoms with van der Waals surface area (Å²) < 4.78 is 5.00. The van der Waals surface area contributed by atoms with Crippen molar-refractivity contribution < 1.29 is 24.3 Å². The number of hydrogen-bond acceptors (Lipinski definition) is 7. The quantitative estimate of drug-likeness (QED) is 0.131. The number of amidine groups is 1. The zero-order chi connectivity index (χ0) is 24.5. The van der Waals surface area contributed by atoms with Gasteiger partial charge in [-0.15, -0.1) is 0 Å². The Bertz CT molecular complexity index is 882. The van der Waals surface area contributed by atoms with Crippen molar-refractivity contribution in [1.82, 2.24) is 15.5 Å². The largest absolute Gasteiger partial charge is 0.465 e. The van der Waals surface area contributed by atoms with Crippen LogP contribution >= 0.6 is 0 Å². The van der Waals surface area contributed by atoms with Gasteiger partial charge in [-0.3, -0.25) is 19.7 Å². The van der Waals surface area contributed by atoms with Crippen LogP contribution in [0.25, 0.3) is 0 Å². The highest BCUT2D eigenvalue weighted by molar-refractivity contribution is 5.97. The summed E-state index contributed by atoms with van der Waals surface area (Å²) in [4.78, 5) is 39.7. The Balaban J connectivity index is 1.58. The molecule has 0 aromatic heterocycles. The van der Waals surface area contributed by atoms with Crippen LogP contribution in [0.1, 0.15) is 56.6 Å². The molecular weight excluding hydrogens is 438 g/mol. The fourth-order valence-corrected chi connectivity index (χ4v) is 4.59. The third kappa shape index (κ3) is 6.47. The van der Waals surface area contributed by atoms with Crippen LogP contribution < -0.4 is 16.4 Å². The number of benzene rings is 1. The number of likely N-dealkylation sites (tertiary alicyclic amines) is 1. The Morgan fingerprint density at radius 1 is 1.18 bits per heavy atom. The van der Waals surface area contributed by atoms with Crippen molar-refractivity contribution in [2.45, 2.75) is 64.1 Å². The lowest BCUT2D eigenvalue weighted by atomic mass is 9.82. The molecule has 1 aliphatic carbocycles. The number of rotatable bonds is 10. The molecule has 1 aromatic carbocycles. The number of esters is 1. The van der Waals surface area contributed by atoms with E-state index in [4.69, 9.17) is 15.7 Å². The zero-order valence-corrected chi connectivity index (χ0v) is 19.7. The number of oxime groups is 1. The summed E-state index contributed by atoms with van der Waals surface area (Å²) in [5, 5.41) is 17.7. The van der Waals surface area contributed by atoms with Crippen molar-refractivity contribution in [2.24, 2.45) is 16.8 Å². The van der Waals surface area contributed by atoms with Gasteiger partial charge >= 0.3 is 5.97 Å². The van der Waals surface area contributed by atoms with E-state index in [1.165, 1.54) is 0 Å². The molecule has 1 saturated carbocycles.